The van der Waals surface area contributed by atoms with E-state index >= 15 is 0 Å². The molecule has 162 valence electrons. The molecule has 1 fully saturated rings. The highest BCUT2D eigenvalue weighted by Gasteiger charge is 2.23. The highest BCUT2D eigenvalue weighted by molar-refractivity contribution is 7.89. The predicted octanol–water partition coefficient (Wildman–Crippen LogP) is 3.95. The van der Waals surface area contributed by atoms with Gasteiger partial charge >= 0.3 is 0 Å². The number of carbonyl (C=O) groups excluding carboxylic acids is 1. The Hall–Kier alpha value is -2.16. The van der Waals surface area contributed by atoms with E-state index in [1.54, 1.807) is 18.3 Å². The van der Waals surface area contributed by atoms with E-state index in [-0.39, 0.29) is 17.3 Å². The summed E-state index contributed by atoms with van der Waals surface area (Å²) >= 11 is 5.81. The summed E-state index contributed by atoms with van der Waals surface area (Å²) < 4.78 is 32.2. The predicted molar refractivity (Wildman–Crippen MR) is 116 cm³/mol. The van der Waals surface area contributed by atoms with Gasteiger partial charge in [-0.3, -0.25) is 4.79 Å². The summed E-state index contributed by atoms with van der Waals surface area (Å²) in [6, 6.07) is 9.28. The number of amides is 1. The van der Waals surface area contributed by atoms with Gasteiger partial charge in [-0.05, 0) is 55.2 Å². The second-order valence-electron chi connectivity index (χ2n) is 7.43. The number of rotatable bonds is 8. The number of anilines is 1. The van der Waals surface area contributed by atoms with Crippen molar-refractivity contribution in [1.29, 1.82) is 0 Å². The normalized spacial score (nSPS) is 15.2. The standard InChI is InChI=1S/C21H26ClN3O4S/c1-25(30(27,28)18-11-9-17(22)10-12-18)14-20(26)24-21-19(8-5-13-23-21)29-15-16-6-3-2-4-7-16/h5,8-13,16H,2-4,6-7,14-15H2,1H3,(H,23,24,26). The smallest absolute Gasteiger partial charge is 0.243 e. The lowest BCUT2D eigenvalue weighted by Crippen LogP contribution is -2.35. The molecule has 1 aromatic heterocycles. The van der Waals surface area contributed by atoms with Crippen LogP contribution in [0.15, 0.2) is 47.5 Å². The number of likely N-dealkylation sites (N-methyl/N-ethyl adjacent to an activating group) is 1. The van der Waals surface area contributed by atoms with Crippen LogP contribution >= 0.6 is 11.6 Å². The molecule has 30 heavy (non-hydrogen) atoms. The summed E-state index contributed by atoms with van der Waals surface area (Å²) in [5.74, 6) is 0.782. The number of ether oxygens (including phenoxy) is 1. The van der Waals surface area contributed by atoms with Gasteiger partial charge in [0, 0.05) is 18.3 Å². The van der Waals surface area contributed by atoms with Crippen molar-refractivity contribution in [3.8, 4) is 5.75 Å². The Balaban J connectivity index is 1.61. The zero-order chi connectivity index (χ0) is 21.6. The molecule has 1 aliphatic rings. The number of hydrogen-bond donors (Lipinski definition) is 1. The molecule has 0 spiro atoms. The fourth-order valence-electron chi connectivity index (χ4n) is 3.41. The van der Waals surface area contributed by atoms with Crippen LogP contribution in [0.4, 0.5) is 5.82 Å². The molecule has 2 aromatic rings. The molecule has 0 aliphatic heterocycles. The Bertz CT molecular complexity index is 960. The van der Waals surface area contributed by atoms with Crippen LogP contribution in [0.1, 0.15) is 32.1 Å². The maximum atomic E-state index is 12.6. The number of nitrogens with one attached hydrogen (secondary N) is 1. The van der Waals surface area contributed by atoms with Crippen LogP contribution in [0.2, 0.25) is 5.02 Å². The molecule has 0 bridgehead atoms. The van der Waals surface area contributed by atoms with E-state index in [1.807, 2.05) is 0 Å². The minimum absolute atomic E-state index is 0.0662. The van der Waals surface area contributed by atoms with Gasteiger partial charge in [0.15, 0.2) is 11.6 Å². The largest absolute Gasteiger partial charge is 0.489 e. The minimum atomic E-state index is -3.82. The first-order chi connectivity index (χ1) is 14.4. The van der Waals surface area contributed by atoms with Gasteiger partial charge in [0.05, 0.1) is 18.0 Å². The molecule has 1 aliphatic carbocycles. The first-order valence-corrected chi connectivity index (χ1v) is 11.8. The van der Waals surface area contributed by atoms with Gasteiger partial charge in [-0.25, -0.2) is 13.4 Å². The average molecular weight is 452 g/mol. The zero-order valence-corrected chi connectivity index (χ0v) is 18.5. The van der Waals surface area contributed by atoms with Crippen LogP contribution in [0.25, 0.3) is 0 Å². The average Bonchev–Trinajstić information content (AvgIpc) is 2.74. The quantitative estimate of drug-likeness (QED) is 0.656. The van der Waals surface area contributed by atoms with Crippen LogP contribution in [-0.4, -0.2) is 43.8 Å². The Morgan fingerprint density at radius 3 is 2.60 bits per heavy atom. The molecular formula is C21H26ClN3O4S. The Kier molecular flexibility index (Phi) is 7.69. The molecule has 0 atom stereocenters. The van der Waals surface area contributed by atoms with Crippen molar-refractivity contribution in [3.63, 3.8) is 0 Å². The molecule has 1 aromatic carbocycles. The number of aromatic nitrogens is 1. The van der Waals surface area contributed by atoms with E-state index in [0.717, 1.165) is 17.1 Å². The third kappa shape index (κ3) is 5.93. The van der Waals surface area contributed by atoms with Crippen molar-refractivity contribution in [1.82, 2.24) is 9.29 Å². The summed E-state index contributed by atoms with van der Waals surface area (Å²) in [6.45, 7) is 0.225. The van der Waals surface area contributed by atoms with Crippen molar-refractivity contribution in [2.24, 2.45) is 5.92 Å². The van der Waals surface area contributed by atoms with Crippen LogP contribution in [-0.2, 0) is 14.8 Å². The van der Waals surface area contributed by atoms with E-state index in [4.69, 9.17) is 16.3 Å². The number of nitrogens with zero attached hydrogens (tertiary/aromatic N) is 2. The van der Waals surface area contributed by atoms with Gasteiger partial charge < -0.3 is 10.1 Å². The van der Waals surface area contributed by atoms with Crippen molar-refractivity contribution in [2.75, 3.05) is 25.5 Å². The Morgan fingerprint density at radius 2 is 1.90 bits per heavy atom. The molecule has 1 amide bonds. The van der Waals surface area contributed by atoms with Crippen LogP contribution in [0.3, 0.4) is 0 Å². The first-order valence-electron chi connectivity index (χ1n) is 9.96. The van der Waals surface area contributed by atoms with Crippen LogP contribution in [0, 0.1) is 5.92 Å². The summed E-state index contributed by atoms with van der Waals surface area (Å²) in [6.07, 6.45) is 7.57. The van der Waals surface area contributed by atoms with E-state index in [0.29, 0.717) is 23.3 Å². The third-order valence-electron chi connectivity index (χ3n) is 5.12. The first kappa shape index (κ1) is 22.5. The SMILES string of the molecule is CN(CC(=O)Nc1ncccc1OCC1CCCCC1)S(=O)(=O)c1ccc(Cl)cc1. The summed E-state index contributed by atoms with van der Waals surface area (Å²) in [4.78, 5) is 16.7. The van der Waals surface area contributed by atoms with Crippen LogP contribution < -0.4 is 10.1 Å². The molecule has 0 unspecified atom stereocenters. The molecule has 0 saturated heterocycles. The molecule has 7 nitrogen and oxygen atoms in total. The minimum Gasteiger partial charge on any atom is -0.489 e. The second kappa shape index (κ2) is 10.2. The van der Waals surface area contributed by atoms with E-state index in [2.05, 4.69) is 10.3 Å². The van der Waals surface area contributed by atoms with Gasteiger partial charge in [0.2, 0.25) is 15.9 Å². The molecule has 3 rings (SSSR count). The number of pyridine rings is 1. The van der Waals surface area contributed by atoms with Crippen molar-refractivity contribution >= 4 is 33.3 Å². The van der Waals surface area contributed by atoms with Gasteiger partial charge in [-0.1, -0.05) is 30.9 Å². The lowest BCUT2D eigenvalue weighted by atomic mass is 9.90. The lowest BCUT2D eigenvalue weighted by molar-refractivity contribution is -0.116. The maximum absolute atomic E-state index is 12.6. The number of benzene rings is 1. The van der Waals surface area contributed by atoms with Gasteiger partial charge in [-0.15, -0.1) is 0 Å². The maximum Gasteiger partial charge on any atom is 0.243 e. The fourth-order valence-corrected chi connectivity index (χ4v) is 4.66. The fraction of sp³-hybridized carbons (Fsp3) is 0.429. The molecule has 9 heteroatoms. The topological polar surface area (TPSA) is 88.6 Å². The third-order valence-corrected chi connectivity index (χ3v) is 7.19. The monoisotopic (exact) mass is 451 g/mol. The van der Waals surface area contributed by atoms with Gasteiger partial charge in [-0.2, -0.15) is 4.31 Å². The van der Waals surface area contributed by atoms with Crippen molar-refractivity contribution < 1.29 is 17.9 Å². The van der Waals surface area contributed by atoms with E-state index < -0.39 is 15.9 Å². The van der Waals surface area contributed by atoms with Gasteiger partial charge in [0.1, 0.15) is 0 Å². The van der Waals surface area contributed by atoms with Gasteiger partial charge in [0.25, 0.3) is 0 Å². The molecular weight excluding hydrogens is 426 g/mol. The highest BCUT2D eigenvalue weighted by atomic mass is 35.5. The molecule has 1 heterocycles. The van der Waals surface area contributed by atoms with E-state index in [1.165, 1.54) is 50.6 Å². The van der Waals surface area contributed by atoms with Crippen LogP contribution in [0.5, 0.6) is 5.75 Å². The molecule has 1 saturated carbocycles. The lowest BCUT2D eigenvalue weighted by Gasteiger charge is -2.22. The zero-order valence-electron chi connectivity index (χ0n) is 16.9. The summed E-state index contributed by atoms with van der Waals surface area (Å²) in [5, 5.41) is 3.09. The number of carbonyl (C=O) groups is 1. The Morgan fingerprint density at radius 1 is 1.20 bits per heavy atom. The number of halogens is 1. The van der Waals surface area contributed by atoms with Crippen molar-refractivity contribution in [2.45, 2.75) is 37.0 Å². The number of hydrogen-bond acceptors (Lipinski definition) is 5. The molecule has 0 radical (unpaired) electrons. The highest BCUT2D eigenvalue weighted by Crippen LogP contribution is 2.27. The Labute approximate surface area is 182 Å². The summed E-state index contributed by atoms with van der Waals surface area (Å²) in [5.41, 5.74) is 0. The van der Waals surface area contributed by atoms with E-state index in [9.17, 15) is 13.2 Å². The van der Waals surface area contributed by atoms with Crippen molar-refractivity contribution in [3.05, 3.63) is 47.6 Å². The molecule has 1 N–H and O–H groups in total. The number of sulfonamides is 1. The summed E-state index contributed by atoms with van der Waals surface area (Å²) in [7, 11) is -2.47. The second-order valence-corrected chi connectivity index (χ2v) is 9.91.